The number of benzene rings is 3. The summed E-state index contributed by atoms with van der Waals surface area (Å²) in [7, 11) is 1.38. The van der Waals surface area contributed by atoms with Gasteiger partial charge in [0.1, 0.15) is 0 Å². The number of amides is 1. The van der Waals surface area contributed by atoms with E-state index in [1.165, 1.54) is 31.4 Å². The highest BCUT2D eigenvalue weighted by Gasteiger charge is 2.40. The predicted molar refractivity (Wildman–Crippen MR) is 118 cm³/mol. The molecule has 9 heteroatoms. The Morgan fingerprint density at radius 3 is 1.69 bits per heavy atom. The fraction of sp³-hybridized carbons (Fsp3) is 0.269. The van der Waals surface area contributed by atoms with E-state index in [1.807, 2.05) is 0 Å². The molecule has 0 aliphatic carbocycles. The molecule has 0 unspecified atom stereocenters. The number of nitrogens with one attached hydrogen (secondary N) is 1. The third kappa shape index (κ3) is 6.42. The third-order valence-electron chi connectivity index (χ3n) is 5.56. The van der Waals surface area contributed by atoms with E-state index < -0.39 is 34.9 Å². The minimum absolute atomic E-state index is 0.00118. The zero-order chi connectivity index (χ0) is 25.7. The molecule has 3 aromatic carbocycles. The number of carbonyl (C=O) groups excluding carboxylic acids is 1. The molecule has 0 aliphatic heterocycles. The molecule has 3 nitrogen and oxygen atoms in total. The van der Waals surface area contributed by atoms with Gasteiger partial charge in [-0.1, -0.05) is 54.6 Å². The number of carbonyl (C=O) groups is 1. The number of ether oxygens (including phenoxy) is 1. The SMILES string of the molecule is COCCC(=O)NC(Cc1ccccc1)(c1cccc(C(F)(F)F)c1)c1cccc(C(F)(F)F)c1. The summed E-state index contributed by atoms with van der Waals surface area (Å²) in [5, 5.41) is 2.75. The van der Waals surface area contributed by atoms with Crippen LogP contribution in [0.15, 0.2) is 78.9 Å². The Labute approximate surface area is 198 Å². The summed E-state index contributed by atoms with van der Waals surface area (Å²) in [6, 6.07) is 17.1. The molecule has 0 heterocycles. The fourth-order valence-corrected chi connectivity index (χ4v) is 3.88. The van der Waals surface area contributed by atoms with Crippen LogP contribution in [0.25, 0.3) is 0 Å². The number of alkyl halides is 6. The molecular weight excluding hydrogens is 472 g/mol. The molecule has 0 fully saturated rings. The van der Waals surface area contributed by atoms with E-state index in [0.29, 0.717) is 5.56 Å². The van der Waals surface area contributed by atoms with Crippen LogP contribution >= 0.6 is 0 Å². The minimum atomic E-state index is -4.69. The van der Waals surface area contributed by atoms with Crippen molar-refractivity contribution in [2.24, 2.45) is 0 Å². The Hall–Kier alpha value is -3.33. The van der Waals surface area contributed by atoms with Crippen molar-refractivity contribution in [1.82, 2.24) is 5.32 Å². The number of hydrogen-bond donors (Lipinski definition) is 1. The zero-order valence-electron chi connectivity index (χ0n) is 18.7. The van der Waals surface area contributed by atoms with Gasteiger partial charge in [0.15, 0.2) is 0 Å². The summed E-state index contributed by atoms with van der Waals surface area (Å²) in [6.07, 6.45) is -9.61. The Balaban J connectivity index is 2.29. The molecule has 35 heavy (non-hydrogen) atoms. The van der Waals surface area contributed by atoms with Crippen molar-refractivity contribution in [3.8, 4) is 0 Å². The maximum absolute atomic E-state index is 13.6. The predicted octanol–water partition coefficient (Wildman–Crippen LogP) is 6.36. The maximum Gasteiger partial charge on any atom is 0.416 e. The third-order valence-corrected chi connectivity index (χ3v) is 5.56. The molecule has 3 aromatic rings. The second-order valence-corrected chi connectivity index (χ2v) is 8.02. The highest BCUT2D eigenvalue weighted by atomic mass is 19.4. The van der Waals surface area contributed by atoms with Crippen LogP contribution in [0.3, 0.4) is 0 Å². The van der Waals surface area contributed by atoms with Crippen LogP contribution in [-0.4, -0.2) is 19.6 Å². The second kappa shape index (κ2) is 10.5. The molecule has 0 spiro atoms. The number of rotatable bonds is 8. The lowest BCUT2D eigenvalue weighted by atomic mass is 9.76. The average Bonchev–Trinajstić information content (AvgIpc) is 2.82. The van der Waals surface area contributed by atoms with Crippen molar-refractivity contribution in [2.75, 3.05) is 13.7 Å². The van der Waals surface area contributed by atoms with E-state index in [4.69, 9.17) is 4.74 Å². The largest absolute Gasteiger partial charge is 0.416 e. The van der Waals surface area contributed by atoms with Crippen molar-refractivity contribution in [1.29, 1.82) is 0 Å². The van der Waals surface area contributed by atoms with E-state index in [1.54, 1.807) is 30.3 Å². The fourth-order valence-electron chi connectivity index (χ4n) is 3.88. The van der Waals surface area contributed by atoms with E-state index in [0.717, 1.165) is 24.3 Å². The normalized spacial score (nSPS) is 12.4. The summed E-state index contributed by atoms with van der Waals surface area (Å²) >= 11 is 0. The number of halogens is 6. The Kier molecular flexibility index (Phi) is 7.90. The second-order valence-electron chi connectivity index (χ2n) is 8.02. The first-order chi connectivity index (χ1) is 16.5. The van der Waals surface area contributed by atoms with Crippen molar-refractivity contribution in [3.05, 3.63) is 107 Å². The minimum Gasteiger partial charge on any atom is -0.384 e. The molecule has 0 bridgehead atoms. The van der Waals surface area contributed by atoms with Crippen LogP contribution in [0.1, 0.15) is 34.2 Å². The summed E-state index contributed by atoms with van der Waals surface area (Å²) in [6.45, 7) is 0.0262. The van der Waals surface area contributed by atoms with Crippen LogP contribution in [0.4, 0.5) is 26.3 Å². The van der Waals surface area contributed by atoms with Gasteiger partial charge in [0.05, 0.1) is 23.3 Å². The molecular formula is C26H23F6NO2. The first kappa shape index (κ1) is 26.3. The van der Waals surface area contributed by atoms with Gasteiger partial charge in [0.25, 0.3) is 0 Å². The molecule has 1 amide bonds. The number of hydrogen-bond acceptors (Lipinski definition) is 2. The van der Waals surface area contributed by atoms with Gasteiger partial charge in [-0.15, -0.1) is 0 Å². The first-order valence-corrected chi connectivity index (χ1v) is 10.6. The molecule has 0 aliphatic rings. The first-order valence-electron chi connectivity index (χ1n) is 10.6. The molecule has 1 N–H and O–H groups in total. The van der Waals surface area contributed by atoms with Gasteiger partial charge in [-0.2, -0.15) is 26.3 Å². The molecule has 0 saturated carbocycles. The van der Waals surface area contributed by atoms with E-state index in [-0.39, 0.29) is 30.6 Å². The maximum atomic E-state index is 13.6. The lowest BCUT2D eigenvalue weighted by molar-refractivity contribution is -0.138. The molecule has 0 atom stereocenters. The molecule has 0 radical (unpaired) electrons. The highest BCUT2D eigenvalue weighted by Crippen LogP contribution is 2.39. The molecule has 0 saturated heterocycles. The Morgan fingerprint density at radius 1 is 0.743 bits per heavy atom. The van der Waals surface area contributed by atoms with E-state index >= 15 is 0 Å². The zero-order valence-corrected chi connectivity index (χ0v) is 18.7. The van der Waals surface area contributed by atoms with Gasteiger partial charge in [-0.25, -0.2) is 0 Å². The highest BCUT2D eigenvalue weighted by molar-refractivity contribution is 5.78. The standard InChI is InChI=1S/C26H23F6NO2/c1-35-14-13-23(34)33-24(17-18-7-3-2-4-8-18,19-9-5-11-21(15-19)25(27,28)29)20-10-6-12-22(16-20)26(30,31)32/h2-12,15-16H,13-14,17H2,1H3,(H,33,34). The van der Waals surface area contributed by atoms with Gasteiger partial charge >= 0.3 is 12.4 Å². The average molecular weight is 495 g/mol. The van der Waals surface area contributed by atoms with E-state index in [9.17, 15) is 31.1 Å². The summed E-state index contributed by atoms with van der Waals surface area (Å²) in [4.78, 5) is 12.9. The molecule has 186 valence electrons. The quantitative estimate of drug-likeness (QED) is 0.369. The Bertz CT molecular complexity index is 1080. The van der Waals surface area contributed by atoms with Crippen molar-refractivity contribution >= 4 is 5.91 Å². The summed E-state index contributed by atoms with van der Waals surface area (Å²) < 4.78 is 86.4. The van der Waals surface area contributed by atoms with Crippen LogP contribution in [0.2, 0.25) is 0 Å². The van der Waals surface area contributed by atoms with Gasteiger partial charge in [0.2, 0.25) is 5.91 Å². The van der Waals surface area contributed by atoms with Crippen LogP contribution < -0.4 is 5.32 Å². The van der Waals surface area contributed by atoms with Crippen LogP contribution in [-0.2, 0) is 33.8 Å². The lowest BCUT2D eigenvalue weighted by Crippen LogP contribution is -2.49. The van der Waals surface area contributed by atoms with Crippen molar-refractivity contribution in [2.45, 2.75) is 30.7 Å². The van der Waals surface area contributed by atoms with Crippen LogP contribution in [0, 0.1) is 0 Å². The summed E-state index contributed by atoms with van der Waals surface area (Å²) in [5.74, 6) is -0.586. The summed E-state index contributed by atoms with van der Waals surface area (Å²) in [5.41, 5.74) is -3.08. The van der Waals surface area contributed by atoms with Crippen molar-refractivity contribution in [3.63, 3.8) is 0 Å². The molecule has 3 rings (SSSR count). The monoisotopic (exact) mass is 495 g/mol. The topological polar surface area (TPSA) is 38.3 Å². The van der Waals surface area contributed by atoms with Crippen molar-refractivity contribution < 1.29 is 35.9 Å². The Morgan fingerprint density at radius 2 is 1.23 bits per heavy atom. The number of methoxy groups -OCH3 is 1. The van der Waals surface area contributed by atoms with E-state index in [2.05, 4.69) is 5.32 Å². The van der Waals surface area contributed by atoms with Gasteiger partial charge in [-0.05, 0) is 41.0 Å². The van der Waals surface area contributed by atoms with Gasteiger partial charge in [0, 0.05) is 20.0 Å². The van der Waals surface area contributed by atoms with Gasteiger partial charge < -0.3 is 10.1 Å². The van der Waals surface area contributed by atoms with Crippen LogP contribution in [0.5, 0.6) is 0 Å². The molecule has 0 aromatic heterocycles. The lowest BCUT2D eigenvalue weighted by Gasteiger charge is -2.37. The van der Waals surface area contributed by atoms with Gasteiger partial charge in [-0.3, -0.25) is 4.79 Å². The smallest absolute Gasteiger partial charge is 0.384 e.